The van der Waals surface area contributed by atoms with Crippen LogP contribution in [0.1, 0.15) is 93.9 Å². The van der Waals surface area contributed by atoms with Crippen molar-refractivity contribution in [1.29, 1.82) is 0 Å². The Morgan fingerprint density at radius 1 is 0.281 bits per heavy atom. The summed E-state index contributed by atoms with van der Waals surface area (Å²) in [6.45, 7) is 16.1. The van der Waals surface area contributed by atoms with Crippen LogP contribution in [0.15, 0.2) is 275 Å². The standard InChI is InChI=1S/C27H28IO4S.C26H26IO4S.C25H24IO4S/c1-19(2)21-9-13-24(14-10-21)33(23-7-5-4-6-8-23)25-15-11-22(12-16-25)27(30)32-18-17-31-26(29)20(3)28;1-18-4-10-22(11-5-18)32(23-12-6-19(2)7-13-23)24-14-8-21(9-15-24)26(29)31-17-16-30-25(28)20(3)27;1-18-8-12-22(13-9-18)31(21-6-4-3-5-7-21)23-14-10-20(11-15-23)25(28)30-17-16-29-24(27)19(2)26/h4-16,19-20H,17-18H2,1-3H3;4-15,20H,16-17H2,1-3H3;3-15,19H,16-17H2,1-2H3/q3*+1. The minimum atomic E-state index is -0.431. The molecule has 5 atom stereocenters. The lowest BCUT2D eigenvalue weighted by molar-refractivity contribution is -0.144. The third-order valence-electron chi connectivity index (χ3n) is 14.1. The maximum Gasteiger partial charge on any atom is 0.338 e. The first kappa shape index (κ1) is 76.4. The summed E-state index contributed by atoms with van der Waals surface area (Å²) in [6.07, 6.45) is 0. The molecule has 12 nitrogen and oxygen atoms in total. The predicted octanol–water partition coefficient (Wildman–Crippen LogP) is 18.0. The number of esters is 6. The molecule has 5 unspecified atom stereocenters. The SMILES string of the molecule is CC(I)C(=O)OCCOC(=O)c1ccc([S+](c2ccccc2)c2ccc(C(C)C)cc2)cc1.Cc1ccc([S+](c2ccc(C)cc2)c2ccc(C(=O)OCCOC(=O)C(C)I)cc2)cc1.Cc1ccc([S+](c2ccccc2)c2ccc(C(=O)OCCOC(=O)C(C)I)cc2)cc1. The van der Waals surface area contributed by atoms with E-state index in [2.05, 4.69) is 168 Å². The molecule has 0 bridgehead atoms. The highest BCUT2D eigenvalue weighted by atomic mass is 127. The predicted molar refractivity (Wildman–Crippen MR) is 407 cm³/mol. The zero-order valence-electron chi connectivity index (χ0n) is 54.7. The Balaban J connectivity index is 0.000000203. The Morgan fingerprint density at radius 2 is 0.479 bits per heavy atom. The van der Waals surface area contributed by atoms with Crippen molar-refractivity contribution in [3.8, 4) is 0 Å². The molecule has 0 aliphatic heterocycles. The average Bonchev–Trinajstić information content (AvgIpc) is 0.838. The summed E-state index contributed by atoms with van der Waals surface area (Å²) < 4.78 is 30.1. The van der Waals surface area contributed by atoms with Crippen LogP contribution in [-0.2, 0) is 75.5 Å². The van der Waals surface area contributed by atoms with E-state index in [1.807, 2.05) is 128 Å². The van der Waals surface area contributed by atoms with Gasteiger partial charge in [0.2, 0.25) is 0 Å². The second kappa shape index (κ2) is 39.4. The molecule has 0 radical (unpaired) electrons. The number of alkyl halides is 3. The second-order valence-electron chi connectivity index (χ2n) is 22.0. The fraction of sp³-hybridized carbons (Fsp3) is 0.231. The molecule has 0 fully saturated rings. The fourth-order valence-electron chi connectivity index (χ4n) is 8.96. The van der Waals surface area contributed by atoms with Gasteiger partial charge in [-0.25, -0.2) is 14.4 Å². The third kappa shape index (κ3) is 23.9. The largest absolute Gasteiger partial charge is 0.461 e. The van der Waals surface area contributed by atoms with E-state index in [0.717, 1.165) is 14.7 Å². The topological polar surface area (TPSA) is 158 Å². The number of ether oxygens (including phenoxy) is 6. The van der Waals surface area contributed by atoms with Crippen molar-refractivity contribution in [3.63, 3.8) is 0 Å². The maximum absolute atomic E-state index is 12.4. The van der Waals surface area contributed by atoms with Crippen LogP contribution < -0.4 is 0 Å². The van der Waals surface area contributed by atoms with E-state index in [4.69, 9.17) is 28.4 Å². The Morgan fingerprint density at radius 3 is 0.698 bits per heavy atom. The molecule has 0 saturated heterocycles. The highest BCUT2D eigenvalue weighted by molar-refractivity contribution is 14.1. The van der Waals surface area contributed by atoms with Crippen LogP contribution in [0.3, 0.4) is 0 Å². The third-order valence-corrected chi connectivity index (χ3v) is 22.4. The lowest BCUT2D eigenvalue weighted by Gasteiger charge is -2.11. The minimum Gasteiger partial charge on any atom is -0.461 e. The molecular weight excluding hydrogens is 1610 g/mol. The van der Waals surface area contributed by atoms with Crippen molar-refractivity contribution in [1.82, 2.24) is 0 Å². The van der Waals surface area contributed by atoms with E-state index >= 15 is 0 Å². The quantitative estimate of drug-likeness (QED) is 0.0133. The molecule has 18 heteroatoms. The Hall–Kier alpha value is -6.96. The summed E-state index contributed by atoms with van der Waals surface area (Å²) in [7, 11) is -0.836. The van der Waals surface area contributed by atoms with Crippen LogP contribution in [0.25, 0.3) is 0 Å². The lowest BCUT2D eigenvalue weighted by Crippen LogP contribution is -2.18. The molecule has 96 heavy (non-hydrogen) atoms. The fourth-order valence-corrected chi connectivity index (χ4v) is 15.7. The minimum absolute atomic E-state index is 0.0340. The molecule has 0 aliphatic carbocycles. The molecule has 0 aromatic heterocycles. The van der Waals surface area contributed by atoms with Gasteiger partial charge in [-0.05, 0) is 199 Å². The summed E-state index contributed by atoms with van der Waals surface area (Å²) in [5, 5.41) is 0. The highest BCUT2D eigenvalue weighted by Crippen LogP contribution is 2.35. The summed E-state index contributed by atoms with van der Waals surface area (Å²) >= 11 is 5.94. The van der Waals surface area contributed by atoms with Gasteiger partial charge in [-0.1, -0.05) is 183 Å². The van der Waals surface area contributed by atoms with Crippen molar-refractivity contribution >= 4 is 136 Å². The maximum atomic E-state index is 12.4. The molecule has 0 spiro atoms. The van der Waals surface area contributed by atoms with Crippen molar-refractivity contribution in [3.05, 3.63) is 269 Å². The zero-order valence-corrected chi connectivity index (χ0v) is 63.7. The van der Waals surface area contributed by atoms with Gasteiger partial charge in [0.05, 0.1) is 49.4 Å². The number of halogens is 3. The van der Waals surface area contributed by atoms with Crippen molar-refractivity contribution in [2.45, 2.75) is 117 Å². The van der Waals surface area contributed by atoms with Gasteiger partial charge < -0.3 is 28.4 Å². The van der Waals surface area contributed by atoms with E-state index in [9.17, 15) is 28.8 Å². The summed E-state index contributed by atoms with van der Waals surface area (Å²) in [6, 6.07) is 77.9. The summed E-state index contributed by atoms with van der Waals surface area (Å²) in [4.78, 5) is 82.1. The first-order valence-electron chi connectivity index (χ1n) is 31.0. The normalized spacial score (nSPS) is 12.4. The number of hydrogen-bond donors (Lipinski definition) is 0. The van der Waals surface area contributed by atoms with Crippen molar-refractivity contribution < 1.29 is 57.2 Å². The molecule has 498 valence electrons. The van der Waals surface area contributed by atoms with Crippen LogP contribution >= 0.6 is 67.8 Å². The number of aryl methyl sites for hydroxylation is 3. The first-order chi connectivity index (χ1) is 46.2. The van der Waals surface area contributed by atoms with E-state index in [0.29, 0.717) is 22.6 Å². The smallest absolute Gasteiger partial charge is 0.338 e. The Kier molecular flexibility index (Phi) is 31.4. The van der Waals surface area contributed by atoms with Crippen LogP contribution in [0.4, 0.5) is 0 Å². The molecule has 0 heterocycles. The molecular formula is C78H78I3O12S3+3. The summed E-state index contributed by atoms with van der Waals surface area (Å²) in [5.74, 6) is -1.75. The molecule has 9 aromatic rings. The van der Waals surface area contributed by atoms with Gasteiger partial charge >= 0.3 is 35.8 Å². The number of carbonyl (C=O) groups excluding carboxylic acids is 6. The van der Waals surface area contributed by atoms with Gasteiger partial charge in [0.25, 0.3) is 0 Å². The van der Waals surface area contributed by atoms with Gasteiger partial charge in [-0.2, -0.15) is 0 Å². The number of carbonyl (C=O) groups is 6. The number of rotatable bonds is 25. The Bertz CT molecular complexity index is 3870. The zero-order chi connectivity index (χ0) is 69.1. The molecule has 9 rings (SSSR count). The molecule has 9 aromatic carbocycles. The van der Waals surface area contributed by atoms with Gasteiger partial charge in [-0.15, -0.1) is 0 Å². The lowest BCUT2D eigenvalue weighted by atomic mass is 10.0. The van der Waals surface area contributed by atoms with Crippen molar-refractivity contribution in [2.24, 2.45) is 0 Å². The van der Waals surface area contributed by atoms with Crippen LogP contribution in [0.2, 0.25) is 0 Å². The molecule has 0 amide bonds. The van der Waals surface area contributed by atoms with Gasteiger partial charge in [-0.3, -0.25) is 14.4 Å². The monoisotopic (exact) mass is 1680 g/mol. The average molecular weight is 1680 g/mol. The van der Waals surface area contributed by atoms with Gasteiger partial charge in [0.1, 0.15) is 51.4 Å². The van der Waals surface area contributed by atoms with E-state index < -0.39 is 17.9 Å². The molecule has 0 saturated carbocycles. The first-order valence-corrected chi connectivity index (χ1v) is 38.4. The van der Waals surface area contributed by atoms with Crippen LogP contribution in [0, 0.1) is 20.8 Å². The van der Waals surface area contributed by atoms with Gasteiger partial charge in [0.15, 0.2) is 44.1 Å². The Labute approximate surface area is 613 Å². The molecule has 0 N–H and O–H groups in total. The van der Waals surface area contributed by atoms with Crippen LogP contribution in [0.5, 0.6) is 0 Å². The van der Waals surface area contributed by atoms with E-state index in [1.54, 1.807) is 57.2 Å². The molecule has 0 aliphatic rings. The summed E-state index contributed by atoms with van der Waals surface area (Å²) in [5.41, 5.74) is 6.38. The number of hydrogen-bond acceptors (Lipinski definition) is 12. The van der Waals surface area contributed by atoms with Crippen LogP contribution in [-0.4, -0.2) is 87.2 Å². The highest BCUT2D eigenvalue weighted by Gasteiger charge is 2.32. The second-order valence-corrected chi connectivity index (χ2v) is 33.7. The van der Waals surface area contributed by atoms with Gasteiger partial charge in [0, 0.05) is 0 Å². The van der Waals surface area contributed by atoms with E-state index in [-0.39, 0.29) is 102 Å². The van der Waals surface area contributed by atoms with Crippen molar-refractivity contribution in [2.75, 3.05) is 39.6 Å². The van der Waals surface area contributed by atoms with E-state index in [1.165, 1.54) is 51.6 Å². The number of benzene rings is 9.